The molecule has 2 saturated carbocycles. The summed E-state index contributed by atoms with van der Waals surface area (Å²) in [5.41, 5.74) is 1.58. The van der Waals surface area contributed by atoms with Crippen LogP contribution in [0.4, 0.5) is 0 Å². The van der Waals surface area contributed by atoms with Gasteiger partial charge in [0.1, 0.15) is 5.75 Å². The van der Waals surface area contributed by atoms with E-state index >= 15 is 0 Å². The zero-order valence-electron chi connectivity index (χ0n) is 15.8. The molecule has 2 aliphatic carbocycles. The molecule has 0 aliphatic heterocycles. The first-order valence-corrected chi connectivity index (χ1v) is 9.04. The standard InChI is InChI=1S/C21H31NO2/c1-19(2,3)15-9-7-8-13(17(15)23)12-22-16-14-10-11-21(6,18(16)24)20(14,4)5/h7-9,12,14,16,18,23-24H,10-11H2,1-6H3/t14?,16-,18-,21?/m1/s1. The summed E-state index contributed by atoms with van der Waals surface area (Å²) in [7, 11) is 0. The number of hydrogen-bond acceptors (Lipinski definition) is 3. The molecule has 3 rings (SSSR count). The van der Waals surface area contributed by atoms with Gasteiger partial charge in [-0.25, -0.2) is 0 Å². The van der Waals surface area contributed by atoms with Crippen LogP contribution in [0.2, 0.25) is 0 Å². The van der Waals surface area contributed by atoms with Crippen LogP contribution in [-0.2, 0) is 5.41 Å². The molecule has 0 amide bonds. The molecule has 0 radical (unpaired) electrons. The predicted molar refractivity (Wildman–Crippen MR) is 98.8 cm³/mol. The summed E-state index contributed by atoms with van der Waals surface area (Å²) in [6.07, 6.45) is 3.55. The van der Waals surface area contributed by atoms with Crippen molar-refractivity contribution in [2.75, 3.05) is 0 Å². The first-order chi connectivity index (χ1) is 11.0. The lowest BCUT2D eigenvalue weighted by Crippen LogP contribution is -2.39. The molecule has 2 fully saturated rings. The molecule has 1 aromatic rings. The van der Waals surface area contributed by atoms with Gasteiger partial charge in [-0.05, 0) is 41.2 Å². The average Bonchev–Trinajstić information content (AvgIpc) is 2.78. The smallest absolute Gasteiger partial charge is 0.128 e. The minimum Gasteiger partial charge on any atom is -0.507 e. The molecule has 4 atom stereocenters. The van der Waals surface area contributed by atoms with Crippen molar-refractivity contribution in [1.82, 2.24) is 0 Å². The summed E-state index contributed by atoms with van der Waals surface area (Å²) in [5.74, 6) is 0.707. The van der Waals surface area contributed by atoms with Gasteiger partial charge >= 0.3 is 0 Å². The molecule has 132 valence electrons. The third kappa shape index (κ3) is 2.32. The zero-order valence-corrected chi connectivity index (χ0v) is 15.8. The molecule has 3 heteroatoms. The number of phenols is 1. The predicted octanol–water partition coefficient (Wildman–Crippen LogP) is 4.29. The normalized spacial score (nSPS) is 35.0. The average molecular weight is 329 g/mol. The fourth-order valence-electron chi connectivity index (χ4n) is 4.91. The Hall–Kier alpha value is -1.35. The number of nitrogens with zero attached hydrogens (tertiary/aromatic N) is 1. The van der Waals surface area contributed by atoms with E-state index in [-0.39, 0.29) is 22.3 Å². The van der Waals surface area contributed by atoms with Crippen molar-refractivity contribution in [1.29, 1.82) is 0 Å². The van der Waals surface area contributed by atoms with E-state index in [1.165, 1.54) is 0 Å². The number of hydrogen-bond donors (Lipinski definition) is 2. The van der Waals surface area contributed by atoms with E-state index in [1.807, 2.05) is 18.2 Å². The number of fused-ring (bicyclic) bond motifs is 2. The van der Waals surface area contributed by atoms with Crippen LogP contribution < -0.4 is 0 Å². The van der Waals surface area contributed by atoms with Crippen LogP contribution in [0.3, 0.4) is 0 Å². The Kier molecular flexibility index (Phi) is 3.87. The van der Waals surface area contributed by atoms with Crippen LogP contribution in [0.1, 0.15) is 65.5 Å². The highest BCUT2D eigenvalue weighted by atomic mass is 16.3. The van der Waals surface area contributed by atoms with Crippen molar-refractivity contribution in [3.63, 3.8) is 0 Å². The number of para-hydroxylation sites is 1. The van der Waals surface area contributed by atoms with Crippen molar-refractivity contribution in [2.24, 2.45) is 21.7 Å². The molecule has 0 spiro atoms. The van der Waals surface area contributed by atoms with Gasteiger partial charge in [0.25, 0.3) is 0 Å². The highest BCUT2D eigenvalue weighted by Crippen LogP contribution is 2.66. The van der Waals surface area contributed by atoms with Gasteiger partial charge in [-0.2, -0.15) is 0 Å². The number of aliphatic imine (C=N–C) groups is 1. The van der Waals surface area contributed by atoms with E-state index in [9.17, 15) is 10.2 Å². The number of aliphatic hydroxyl groups excluding tert-OH is 1. The second kappa shape index (κ2) is 5.32. The monoisotopic (exact) mass is 329 g/mol. The number of phenolic OH excluding ortho intramolecular Hbond substituents is 1. The Labute approximate surface area is 145 Å². The van der Waals surface area contributed by atoms with E-state index in [4.69, 9.17) is 4.99 Å². The van der Waals surface area contributed by atoms with Crippen LogP contribution >= 0.6 is 0 Å². The summed E-state index contributed by atoms with van der Waals surface area (Å²) in [6.45, 7) is 13.0. The Balaban J connectivity index is 1.91. The van der Waals surface area contributed by atoms with Gasteiger partial charge in [0.15, 0.2) is 0 Å². The topological polar surface area (TPSA) is 52.8 Å². The summed E-state index contributed by atoms with van der Waals surface area (Å²) in [5, 5.41) is 21.4. The molecule has 3 nitrogen and oxygen atoms in total. The molecule has 0 heterocycles. The molecule has 2 unspecified atom stereocenters. The van der Waals surface area contributed by atoms with Crippen LogP contribution in [0.25, 0.3) is 0 Å². The summed E-state index contributed by atoms with van der Waals surface area (Å²) in [4.78, 5) is 4.75. The maximum Gasteiger partial charge on any atom is 0.128 e. The Morgan fingerprint density at radius 1 is 1.21 bits per heavy atom. The zero-order chi connectivity index (χ0) is 17.9. The SMILES string of the molecule is CC(C)(C)c1cccc(C=N[C@@H]2C3CCC(C)([C@@H]2O)C3(C)C)c1O. The van der Waals surface area contributed by atoms with Crippen LogP contribution in [-0.4, -0.2) is 28.6 Å². The maximum atomic E-state index is 10.8. The van der Waals surface area contributed by atoms with Crippen LogP contribution in [0.5, 0.6) is 5.75 Å². The van der Waals surface area contributed by atoms with E-state index in [2.05, 4.69) is 41.5 Å². The Morgan fingerprint density at radius 2 is 1.88 bits per heavy atom. The molecule has 0 aromatic heterocycles. The Morgan fingerprint density at radius 3 is 2.42 bits per heavy atom. The number of aromatic hydroxyl groups is 1. The van der Waals surface area contributed by atoms with Crippen molar-refractivity contribution in [2.45, 2.75) is 71.9 Å². The molecule has 2 bridgehead atoms. The van der Waals surface area contributed by atoms with Crippen molar-refractivity contribution < 1.29 is 10.2 Å². The molecule has 2 aliphatic rings. The van der Waals surface area contributed by atoms with Gasteiger partial charge in [0.05, 0.1) is 12.1 Å². The van der Waals surface area contributed by atoms with Crippen molar-refractivity contribution in [3.8, 4) is 5.75 Å². The number of benzene rings is 1. The van der Waals surface area contributed by atoms with Crippen molar-refractivity contribution >= 4 is 6.21 Å². The summed E-state index contributed by atoms with van der Waals surface area (Å²) < 4.78 is 0. The quantitative estimate of drug-likeness (QED) is 0.795. The minimum absolute atomic E-state index is 0.0605. The minimum atomic E-state index is -0.407. The molecule has 1 aromatic carbocycles. The number of aliphatic hydroxyl groups is 1. The molecular weight excluding hydrogens is 298 g/mol. The highest BCUT2D eigenvalue weighted by molar-refractivity contribution is 5.84. The summed E-state index contributed by atoms with van der Waals surface area (Å²) >= 11 is 0. The van der Waals surface area contributed by atoms with Crippen molar-refractivity contribution in [3.05, 3.63) is 29.3 Å². The third-order valence-electron chi connectivity index (χ3n) is 7.02. The van der Waals surface area contributed by atoms with Gasteiger partial charge in [0, 0.05) is 17.2 Å². The second-order valence-corrected chi connectivity index (χ2v) is 9.49. The van der Waals surface area contributed by atoms with Gasteiger partial charge in [-0.3, -0.25) is 4.99 Å². The van der Waals surface area contributed by atoms with E-state index in [0.717, 1.165) is 24.0 Å². The Bertz CT molecular complexity index is 671. The fourth-order valence-corrected chi connectivity index (χ4v) is 4.91. The van der Waals surface area contributed by atoms with Crippen LogP contribution in [0, 0.1) is 16.7 Å². The molecule has 2 N–H and O–H groups in total. The molecule has 0 saturated heterocycles. The maximum absolute atomic E-state index is 10.8. The lowest BCUT2D eigenvalue weighted by atomic mass is 9.70. The van der Waals surface area contributed by atoms with E-state index < -0.39 is 6.10 Å². The van der Waals surface area contributed by atoms with Gasteiger partial charge in [-0.1, -0.05) is 53.7 Å². The second-order valence-electron chi connectivity index (χ2n) is 9.49. The first-order valence-electron chi connectivity index (χ1n) is 9.04. The first kappa shape index (κ1) is 17.5. The third-order valence-corrected chi connectivity index (χ3v) is 7.02. The van der Waals surface area contributed by atoms with E-state index in [0.29, 0.717) is 11.7 Å². The van der Waals surface area contributed by atoms with Gasteiger partial charge < -0.3 is 10.2 Å². The molecule has 24 heavy (non-hydrogen) atoms. The van der Waals surface area contributed by atoms with Gasteiger partial charge in [-0.15, -0.1) is 0 Å². The molecular formula is C21H31NO2. The van der Waals surface area contributed by atoms with E-state index in [1.54, 1.807) is 6.21 Å². The fraction of sp³-hybridized carbons (Fsp3) is 0.667. The lowest BCUT2D eigenvalue weighted by Gasteiger charge is -2.36. The lowest BCUT2D eigenvalue weighted by molar-refractivity contribution is 0.00624. The highest BCUT2D eigenvalue weighted by Gasteiger charge is 2.65. The number of rotatable bonds is 2. The van der Waals surface area contributed by atoms with Gasteiger partial charge in [0.2, 0.25) is 0 Å². The summed E-state index contributed by atoms with van der Waals surface area (Å²) in [6, 6.07) is 5.74. The largest absolute Gasteiger partial charge is 0.507 e. The van der Waals surface area contributed by atoms with Crippen LogP contribution in [0.15, 0.2) is 23.2 Å².